The molecule has 0 aliphatic heterocycles. The van der Waals surface area contributed by atoms with Gasteiger partial charge in [0.25, 0.3) is 5.91 Å². The molecule has 0 radical (unpaired) electrons. The number of carbonyl (C=O) groups is 2. The summed E-state index contributed by atoms with van der Waals surface area (Å²) in [6, 6.07) is 7.57. The van der Waals surface area contributed by atoms with E-state index in [0.29, 0.717) is 18.0 Å². The Morgan fingerprint density at radius 1 is 1.24 bits per heavy atom. The highest BCUT2D eigenvalue weighted by Gasteiger charge is 2.26. The minimum atomic E-state index is -0.689. The smallest absolute Gasteiger partial charge is 0.306 e. The zero-order valence-electron chi connectivity index (χ0n) is 12.2. The molecule has 1 aromatic rings. The van der Waals surface area contributed by atoms with Crippen LogP contribution in [-0.2, 0) is 4.79 Å². The Morgan fingerprint density at radius 3 is 2.52 bits per heavy atom. The minimum absolute atomic E-state index is 0.0414. The van der Waals surface area contributed by atoms with Crippen LogP contribution in [-0.4, -0.2) is 29.8 Å². The molecule has 1 amide bonds. The molecule has 1 saturated carbocycles. The van der Waals surface area contributed by atoms with E-state index in [1.165, 1.54) is 0 Å². The lowest BCUT2D eigenvalue weighted by atomic mass is 9.82. The predicted octanol–water partition coefficient (Wildman–Crippen LogP) is 3.03. The quantitative estimate of drug-likeness (QED) is 0.821. The van der Waals surface area contributed by atoms with E-state index in [1.807, 2.05) is 30.5 Å². The van der Waals surface area contributed by atoms with Gasteiger partial charge in [-0.25, -0.2) is 0 Å². The molecule has 1 aromatic carbocycles. The third kappa shape index (κ3) is 4.24. The molecule has 1 fully saturated rings. The first-order valence-corrected chi connectivity index (χ1v) is 8.48. The van der Waals surface area contributed by atoms with Crippen molar-refractivity contribution in [3.8, 4) is 0 Å². The van der Waals surface area contributed by atoms with Gasteiger partial charge in [0.05, 0.1) is 11.5 Å². The van der Waals surface area contributed by atoms with Crippen molar-refractivity contribution >= 4 is 23.6 Å². The monoisotopic (exact) mass is 307 g/mol. The van der Waals surface area contributed by atoms with Crippen LogP contribution in [0.15, 0.2) is 29.2 Å². The molecule has 114 valence electrons. The molecule has 0 atom stereocenters. The fraction of sp³-hybridized carbons (Fsp3) is 0.500. The van der Waals surface area contributed by atoms with Crippen molar-refractivity contribution in [3.05, 3.63) is 29.8 Å². The molecule has 0 bridgehead atoms. The van der Waals surface area contributed by atoms with Crippen LogP contribution in [0.2, 0.25) is 0 Å². The third-order valence-electron chi connectivity index (χ3n) is 4.10. The molecule has 2 rings (SSSR count). The van der Waals surface area contributed by atoms with Crippen LogP contribution in [0.5, 0.6) is 0 Å². The van der Waals surface area contributed by atoms with Gasteiger partial charge in [-0.15, -0.1) is 11.8 Å². The maximum absolute atomic E-state index is 12.2. The van der Waals surface area contributed by atoms with Crippen LogP contribution in [0, 0.1) is 11.8 Å². The number of aliphatic carboxylic acids is 1. The number of benzene rings is 1. The first-order valence-electron chi connectivity index (χ1n) is 7.26. The second-order valence-electron chi connectivity index (χ2n) is 5.47. The van der Waals surface area contributed by atoms with Crippen molar-refractivity contribution in [1.29, 1.82) is 0 Å². The fourth-order valence-corrected chi connectivity index (χ4v) is 3.37. The summed E-state index contributed by atoms with van der Waals surface area (Å²) in [5, 5.41) is 12.0. The lowest BCUT2D eigenvalue weighted by Gasteiger charge is -2.26. The van der Waals surface area contributed by atoms with Crippen LogP contribution in [0.3, 0.4) is 0 Å². The average Bonchev–Trinajstić information content (AvgIpc) is 2.52. The van der Waals surface area contributed by atoms with Gasteiger partial charge in [-0.3, -0.25) is 9.59 Å². The van der Waals surface area contributed by atoms with Crippen LogP contribution in [0.1, 0.15) is 36.0 Å². The molecule has 1 aliphatic rings. The highest BCUT2D eigenvalue weighted by molar-refractivity contribution is 7.98. The van der Waals surface area contributed by atoms with E-state index >= 15 is 0 Å². The van der Waals surface area contributed by atoms with Gasteiger partial charge in [-0.1, -0.05) is 12.1 Å². The van der Waals surface area contributed by atoms with E-state index in [0.717, 1.165) is 30.6 Å². The minimum Gasteiger partial charge on any atom is -0.481 e. The van der Waals surface area contributed by atoms with Gasteiger partial charge in [-0.2, -0.15) is 0 Å². The number of carboxylic acids is 1. The summed E-state index contributed by atoms with van der Waals surface area (Å²) < 4.78 is 0. The molecule has 0 heterocycles. The molecule has 0 saturated heterocycles. The Morgan fingerprint density at radius 2 is 1.90 bits per heavy atom. The van der Waals surface area contributed by atoms with Crippen molar-refractivity contribution in [3.63, 3.8) is 0 Å². The van der Waals surface area contributed by atoms with Gasteiger partial charge >= 0.3 is 5.97 Å². The van der Waals surface area contributed by atoms with Crippen molar-refractivity contribution in [2.75, 3.05) is 12.8 Å². The molecule has 1 aliphatic carbocycles. The first kappa shape index (κ1) is 15.9. The standard InChI is InChI=1S/C16H21NO3S/c1-21-14-5-3-2-4-13(14)15(18)17-10-11-6-8-12(9-7-11)16(19)20/h2-5,11-12H,6-10H2,1H3,(H,17,18)(H,19,20). The summed E-state index contributed by atoms with van der Waals surface area (Å²) in [6.45, 7) is 0.633. The number of hydrogen-bond donors (Lipinski definition) is 2. The van der Waals surface area contributed by atoms with Crippen molar-refractivity contribution in [1.82, 2.24) is 5.32 Å². The van der Waals surface area contributed by atoms with Gasteiger partial charge in [0.2, 0.25) is 0 Å². The normalized spacial score (nSPS) is 21.8. The Balaban J connectivity index is 1.84. The number of amides is 1. The van der Waals surface area contributed by atoms with Gasteiger partial charge in [0.1, 0.15) is 0 Å². The lowest BCUT2D eigenvalue weighted by molar-refractivity contribution is -0.143. The maximum Gasteiger partial charge on any atom is 0.306 e. The molecule has 2 N–H and O–H groups in total. The van der Waals surface area contributed by atoms with E-state index in [-0.39, 0.29) is 11.8 Å². The highest BCUT2D eigenvalue weighted by atomic mass is 32.2. The van der Waals surface area contributed by atoms with Gasteiger partial charge in [-0.05, 0) is 50.0 Å². The number of carbonyl (C=O) groups excluding carboxylic acids is 1. The number of carboxylic acid groups (broad SMARTS) is 1. The first-order chi connectivity index (χ1) is 10.1. The van der Waals surface area contributed by atoms with Gasteiger partial charge in [0.15, 0.2) is 0 Å². The molecule has 4 nitrogen and oxygen atoms in total. The summed E-state index contributed by atoms with van der Waals surface area (Å²) in [7, 11) is 0. The predicted molar refractivity (Wildman–Crippen MR) is 83.6 cm³/mol. The van der Waals surface area contributed by atoms with Crippen molar-refractivity contribution in [2.45, 2.75) is 30.6 Å². The SMILES string of the molecule is CSc1ccccc1C(=O)NCC1CCC(C(=O)O)CC1. The fourth-order valence-electron chi connectivity index (χ4n) is 2.78. The van der Waals surface area contributed by atoms with Crippen LogP contribution in [0.25, 0.3) is 0 Å². The summed E-state index contributed by atoms with van der Waals surface area (Å²) in [5.41, 5.74) is 0.712. The Labute approximate surface area is 129 Å². The second kappa shape index (κ2) is 7.50. The number of hydrogen-bond acceptors (Lipinski definition) is 3. The maximum atomic E-state index is 12.2. The largest absolute Gasteiger partial charge is 0.481 e. The topological polar surface area (TPSA) is 66.4 Å². The number of nitrogens with one attached hydrogen (secondary N) is 1. The zero-order valence-corrected chi connectivity index (χ0v) is 13.0. The molecule has 0 spiro atoms. The van der Waals surface area contributed by atoms with Crippen molar-refractivity contribution < 1.29 is 14.7 Å². The second-order valence-corrected chi connectivity index (χ2v) is 6.31. The molecular weight excluding hydrogens is 286 g/mol. The third-order valence-corrected chi connectivity index (χ3v) is 4.89. The van der Waals surface area contributed by atoms with E-state index in [1.54, 1.807) is 11.8 Å². The van der Waals surface area contributed by atoms with Crippen molar-refractivity contribution in [2.24, 2.45) is 11.8 Å². The van der Waals surface area contributed by atoms with Crippen LogP contribution < -0.4 is 5.32 Å². The lowest BCUT2D eigenvalue weighted by Crippen LogP contribution is -2.32. The van der Waals surface area contributed by atoms with Crippen LogP contribution >= 0.6 is 11.8 Å². The number of thioether (sulfide) groups is 1. The molecular formula is C16H21NO3S. The average molecular weight is 307 g/mol. The summed E-state index contributed by atoms with van der Waals surface area (Å²) in [6.07, 6.45) is 5.15. The van der Waals surface area contributed by atoms with E-state index in [4.69, 9.17) is 5.11 Å². The zero-order chi connectivity index (χ0) is 15.2. The molecule has 21 heavy (non-hydrogen) atoms. The summed E-state index contributed by atoms with van der Waals surface area (Å²) in [4.78, 5) is 24.1. The van der Waals surface area contributed by atoms with Crippen LogP contribution in [0.4, 0.5) is 0 Å². The van der Waals surface area contributed by atoms with E-state index in [9.17, 15) is 9.59 Å². The Hall–Kier alpha value is -1.49. The Kier molecular flexibility index (Phi) is 5.67. The number of rotatable bonds is 5. The molecule has 5 heteroatoms. The van der Waals surface area contributed by atoms with Gasteiger partial charge < -0.3 is 10.4 Å². The summed E-state index contributed by atoms with van der Waals surface area (Å²) >= 11 is 1.56. The van der Waals surface area contributed by atoms with Gasteiger partial charge in [0, 0.05) is 11.4 Å². The highest BCUT2D eigenvalue weighted by Crippen LogP contribution is 2.28. The molecule has 0 unspecified atom stereocenters. The summed E-state index contributed by atoms with van der Waals surface area (Å²) in [5.74, 6) is -0.535. The van der Waals surface area contributed by atoms with E-state index < -0.39 is 5.97 Å². The van der Waals surface area contributed by atoms with E-state index in [2.05, 4.69) is 5.32 Å². The molecule has 0 aromatic heterocycles. The Bertz CT molecular complexity index is 510.